The molecular weight excluding hydrogens is 256 g/mol. The van der Waals surface area contributed by atoms with E-state index in [1.807, 2.05) is 13.8 Å². The molecule has 0 aliphatic carbocycles. The highest BCUT2D eigenvalue weighted by Crippen LogP contribution is 2.18. The Morgan fingerprint density at radius 3 is 2.78 bits per heavy atom. The molecule has 1 N–H and O–H groups in total. The maximum absolute atomic E-state index is 10.6. The summed E-state index contributed by atoms with van der Waals surface area (Å²) in [5.74, 6) is 0.425. The van der Waals surface area contributed by atoms with E-state index in [0.29, 0.717) is 24.1 Å². The Balaban J connectivity index is 3.05. The number of rotatable bonds is 6. The third-order valence-corrected chi connectivity index (χ3v) is 2.44. The van der Waals surface area contributed by atoms with Gasteiger partial charge in [-0.05, 0) is 26.0 Å². The quantitative estimate of drug-likeness (QED) is 0.488. The Morgan fingerprint density at radius 1 is 1.61 bits per heavy atom. The molecule has 0 aliphatic heterocycles. The number of pyridine rings is 1. The molecule has 7 heteroatoms. The lowest BCUT2D eigenvalue weighted by atomic mass is 10.3. The Kier molecular flexibility index (Phi) is 5.38. The summed E-state index contributed by atoms with van der Waals surface area (Å²) in [6, 6.07) is 3.42. The normalized spacial score (nSPS) is 11.2. The van der Waals surface area contributed by atoms with Crippen LogP contribution in [0.2, 0.25) is 5.15 Å². The summed E-state index contributed by atoms with van der Waals surface area (Å²) >= 11 is 5.72. The highest BCUT2D eigenvalue weighted by molar-refractivity contribution is 6.29. The van der Waals surface area contributed by atoms with Crippen molar-refractivity contribution in [2.24, 2.45) is 0 Å². The average Bonchev–Trinajstić information content (AvgIpc) is 2.32. The molecular formula is C11H15ClN4O2. The predicted octanol–water partition coefficient (Wildman–Crippen LogP) is 2.25. The standard InChI is InChI=1S/C11H15ClN4O2/c1-3-13-11(8-16(17)18)15(4-2)9-5-6-10(12)14-7-9/h5-8,13H,3-4H2,1-2H3. The van der Waals surface area contributed by atoms with Gasteiger partial charge in [0, 0.05) is 13.1 Å². The third kappa shape index (κ3) is 3.89. The Bertz CT molecular complexity index is 433. The molecule has 0 fully saturated rings. The van der Waals surface area contributed by atoms with Gasteiger partial charge in [0.05, 0.1) is 16.8 Å². The number of anilines is 1. The number of hydrogen-bond donors (Lipinski definition) is 1. The molecule has 0 unspecified atom stereocenters. The van der Waals surface area contributed by atoms with Crippen molar-refractivity contribution in [3.8, 4) is 0 Å². The number of aromatic nitrogens is 1. The fourth-order valence-electron chi connectivity index (χ4n) is 1.51. The first-order valence-corrected chi connectivity index (χ1v) is 5.94. The highest BCUT2D eigenvalue weighted by atomic mass is 35.5. The average molecular weight is 271 g/mol. The zero-order chi connectivity index (χ0) is 13.5. The van der Waals surface area contributed by atoms with Gasteiger partial charge in [0.25, 0.3) is 6.20 Å². The van der Waals surface area contributed by atoms with Gasteiger partial charge in [0.15, 0.2) is 5.82 Å². The van der Waals surface area contributed by atoms with E-state index >= 15 is 0 Å². The molecule has 1 aromatic rings. The maximum Gasteiger partial charge on any atom is 0.274 e. The van der Waals surface area contributed by atoms with Crippen LogP contribution in [0.3, 0.4) is 0 Å². The van der Waals surface area contributed by atoms with E-state index in [0.717, 1.165) is 11.9 Å². The minimum Gasteiger partial charge on any atom is -0.367 e. The number of nitrogens with one attached hydrogen (secondary N) is 1. The van der Waals surface area contributed by atoms with Gasteiger partial charge in [-0.15, -0.1) is 0 Å². The second-order valence-electron chi connectivity index (χ2n) is 3.41. The summed E-state index contributed by atoms with van der Waals surface area (Å²) in [4.78, 5) is 15.9. The number of nitro groups is 1. The molecule has 18 heavy (non-hydrogen) atoms. The van der Waals surface area contributed by atoms with E-state index in [2.05, 4.69) is 10.3 Å². The molecule has 0 aromatic carbocycles. The van der Waals surface area contributed by atoms with Gasteiger partial charge >= 0.3 is 0 Å². The van der Waals surface area contributed by atoms with E-state index in [1.165, 1.54) is 0 Å². The SMILES string of the molecule is CCNC(=C[N+](=O)[O-])N(CC)c1ccc(Cl)nc1. The van der Waals surface area contributed by atoms with E-state index in [-0.39, 0.29) is 0 Å². The fourth-order valence-corrected chi connectivity index (χ4v) is 1.62. The molecule has 1 aromatic heterocycles. The van der Waals surface area contributed by atoms with Crippen molar-refractivity contribution in [1.29, 1.82) is 0 Å². The van der Waals surface area contributed by atoms with Gasteiger partial charge in [0.2, 0.25) is 0 Å². The summed E-state index contributed by atoms with van der Waals surface area (Å²) in [5, 5.41) is 14.0. The van der Waals surface area contributed by atoms with Gasteiger partial charge in [-0.1, -0.05) is 11.6 Å². The summed E-state index contributed by atoms with van der Waals surface area (Å²) in [5.41, 5.74) is 0.746. The predicted molar refractivity (Wildman–Crippen MR) is 71.0 cm³/mol. The van der Waals surface area contributed by atoms with Crippen LogP contribution in [-0.4, -0.2) is 23.0 Å². The molecule has 98 valence electrons. The molecule has 0 saturated heterocycles. The van der Waals surface area contributed by atoms with Crippen LogP contribution in [-0.2, 0) is 0 Å². The molecule has 0 atom stereocenters. The first-order valence-electron chi connectivity index (χ1n) is 5.56. The van der Waals surface area contributed by atoms with Crippen molar-refractivity contribution in [2.75, 3.05) is 18.0 Å². The van der Waals surface area contributed by atoms with Crippen LogP contribution in [0.4, 0.5) is 5.69 Å². The lowest BCUT2D eigenvalue weighted by Gasteiger charge is -2.24. The minimum absolute atomic E-state index is 0.387. The van der Waals surface area contributed by atoms with E-state index < -0.39 is 4.92 Å². The van der Waals surface area contributed by atoms with E-state index in [4.69, 9.17) is 11.6 Å². The van der Waals surface area contributed by atoms with Crippen LogP contribution in [0.25, 0.3) is 0 Å². The largest absolute Gasteiger partial charge is 0.367 e. The van der Waals surface area contributed by atoms with Crippen LogP contribution in [0, 0.1) is 10.1 Å². The summed E-state index contributed by atoms with van der Waals surface area (Å²) < 4.78 is 0. The number of hydrogen-bond acceptors (Lipinski definition) is 5. The molecule has 0 aliphatic rings. The first-order chi connectivity index (χ1) is 8.58. The smallest absolute Gasteiger partial charge is 0.274 e. The Labute approximate surface area is 110 Å². The summed E-state index contributed by atoms with van der Waals surface area (Å²) in [7, 11) is 0. The van der Waals surface area contributed by atoms with Gasteiger partial charge in [-0.2, -0.15) is 0 Å². The molecule has 1 rings (SSSR count). The van der Waals surface area contributed by atoms with Crippen LogP contribution >= 0.6 is 11.6 Å². The van der Waals surface area contributed by atoms with Gasteiger partial charge in [0.1, 0.15) is 5.15 Å². The number of nitrogens with zero attached hydrogens (tertiary/aromatic N) is 3. The van der Waals surface area contributed by atoms with Gasteiger partial charge in [-0.3, -0.25) is 10.1 Å². The second-order valence-corrected chi connectivity index (χ2v) is 3.80. The molecule has 0 saturated carbocycles. The lowest BCUT2D eigenvalue weighted by Crippen LogP contribution is -2.32. The summed E-state index contributed by atoms with van der Waals surface area (Å²) in [6.07, 6.45) is 2.53. The summed E-state index contributed by atoms with van der Waals surface area (Å²) in [6.45, 7) is 4.95. The topological polar surface area (TPSA) is 71.3 Å². The zero-order valence-electron chi connectivity index (χ0n) is 10.3. The van der Waals surface area contributed by atoms with E-state index in [9.17, 15) is 10.1 Å². The molecule has 0 spiro atoms. The van der Waals surface area contributed by atoms with Gasteiger partial charge in [-0.25, -0.2) is 4.98 Å². The monoisotopic (exact) mass is 270 g/mol. The highest BCUT2D eigenvalue weighted by Gasteiger charge is 2.13. The molecule has 1 heterocycles. The molecule has 6 nitrogen and oxygen atoms in total. The maximum atomic E-state index is 10.6. The van der Waals surface area contributed by atoms with Crippen molar-refractivity contribution in [2.45, 2.75) is 13.8 Å². The first kappa shape index (κ1) is 14.2. The van der Waals surface area contributed by atoms with Crippen molar-refractivity contribution in [3.05, 3.63) is 45.6 Å². The van der Waals surface area contributed by atoms with Crippen LogP contribution in [0.5, 0.6) is 0 Å². The van der Waals surface area contributed by atoms with Crippen molar-refractivity contribution < 1.29 is 4.92 Å². The zero-order valence-corrected chi connectivity index (χ0v) is 11.0. The van der Waals surface area contributed by atoms with Crippen LogP contribution < -0.4 is 10.2 Å². The fraction of sp³-hybridized carbons (Fsp3) is 0.364. The Hall–Kier alpha value is -1.82. The molecule has 0 amide bonds. The van der Waals surface area contributed by atoms with Crippen molar-refractivity contribution >= 4 is 17.3 Å². The van der Waals surface area contributed by atoms with Gasteiger partial charge < -0.3 is 10.2 Å². The second kappa shape index (κ2) is 6.80. The Morgan fingerprint density at radius 2 is 2.33 bits per heavy atom. The number of halogens is 1. The third-order valence-electron chi connectivity index (χ3n) is 2.22. The van der Waals surface area contributed by atoms with Crippen molar-refractivity contribution in [1.82, 2.24) is 10.3 Å². The van der Waals surface area contributed by atoms with Crippen LogP contribution in [0.15, 0.2) is 30.4 Å². The minimum atomic E-state index is -0.482. The van der Waals surface area contributed by atoms with Crippen LogP contribution in [0.1, 0.15) is 13.8 Å². The molecule has 0 bridgehead atoms. The van der Waals surface area contributed by atoms with Crippen molar-refractivity contribution in [3.63, 3.8) is 0 Å². The lowest BCUT2D eigenvalue weighted by molar-refractivity contribution is -0.403. The molecule has 0 radical (unpaired) electrons. The van der Waals surface area contributed by atoms with E-state index in [1.54, 1.807) is 23.2 Å².